The summed E-state index contributed by atoms with van der Waals surface area (Å²) in [7, 11) is 0. The van der Waals surface area contributed by atoms with Crippen molar-refractivity contribution in [3.63, 3.8) is 0 Å². The largest absolute Gasteiger partial charge is 0.327 e. The van der Waals surface area contributed by atoms with Crippen molar-refractivity contribution in [2.75, 3.05) is 19.6 Å². The third-order valence-corrected chi connectivity index (χ3v) is 2.53. The van der Waals surface area contributed by atoms with Crippen molar-refractivity contribution in [1.29, 1.82) is 0 Å². The zero-order chi connectivity index (χ0) is 8.27. The Morgan fingerprint density at radius 2 is 2.36 bits per heavy atom. The minimum atomic E-state index is 0.389. The molecule has 0 aromatic carbocycles. The van der Waals surface area contributed by atoms with Crippen LogP contribution in [0, 0.1) is 5.92 Å². The number of nitrogens with zero attached hydrogens (tertiary/aromatic N) is 1. The maximum Gasteiger partial charge on any atom is 0.0165 e. The summed E-state index contributed by atoms with van der Waals surface area (Å²) in [6, 6.07) is 0.389. The lowest BCUT2D eigenvalue weighted by Crippen LogP contribution is -2.35. The minimum absolute atomic E-state index is 0.389. The molecule has 0 radical (unpaired) electrons. The number of hydrogen-bond donors (Lipinski definition) is 1. The molecule has 1 heterocycles. The van der Waals surface area contributed by atoms with Crippen molar-refractivity contribution in [3.8, 4) is 0 Å². The van der Waals surface area contributed by atoms with E-state index < -0.39 is 0 Å². The van der Waals surface area contributed by atoms with Crippen LogP contribution < -0.4 is 5.73 Å². The first-order valence-electron chi connectivity index (χ1n) is 4.70. The highest BCUT2D eigenvalue weighted by atomic mass is 15.2. The Morgan fingerprint density at radius 1 is 1.64 bits per heavy atom. The molecule has 11 heavy (non-hydrogen) atoms. The van der Waals surface area contributed by atoms with Gasteiger partial charge in [0.2, 0.25) is 0 Å². The molecule has 1 aliphatic rings. The van der Waals surface area contributed by atoms with Gasteiger partial charge in [0.1, 0.15) is 0 Å². The molecule has 1 fully saturated rings. The fourth-order valence-electron chi connectivity index (χ4n) is 1.65. The molecule has 2 N–H and O–H groups in total. The van der Waals surface area contributed by atoms with Gasteiger partial charge in [-0.05, 0) is 25.3 Å². The Balaban J connectivity index is 2.17. The van der Waals surface area contributed by atoms with Crippen molar-refractivity contribution in [3.05, 3.63) is 0 Å². The van der Waals surface area contributed by atoms with Crippen LogP contribution >= 0.6 is 0 Å². The first kappa shape index (κ1) is 9.01. The van der Waals surface area contributed by atoms with Crippen LogP contribution in [0.25, 0.3) is 0 Å². The van der Waals surface area contributed by atoms with Crippen LogP contribution in [-0.2, 0) is 0 Å². The van der Waals surface area contributed by atoms with E-state index in [2.05, 4.69) is 18.7 Å². The highest BCUT2D eigenvalue weighted by molar-refractivity contribution is 4.75. The highest BCUT2D eigenvalue weighted by Gasteiger charge is 2.19. The van der Waals surface area contributed by atoms with Gasteiger partial charge in [-0.15, -0.1) is 0 Å². The molecule has 0 saturated carbocycles. The number of likely N-dealkylation sites (tertiary alicyclic amines) is 1. The van der Waals surface area contributed by atoms with Gasteiger partial charge in [0.25, 0.3) is 0 Å². The summed E-state index contributed by atoms with van der Waals surface area (Å²) < 4.78 is 0. The molecule has 0 aliphatic carbocycles. The lowest BCUT2D eigenvalue weighted by atomic mass is 10.2. The lowest BCUT2D eigenvalue weighted by molar-refractivity contribution is 0.302. The second-order valence-electron chi connectivity index (χ2n) is 3.82. The van der Waals surface area contributed by atoms with E-state index in [1.807, 2.05) is 0 Å². The van der Waals surface area contributed by atoms with Crippen LogP contribution in [-0.4, -0.2) is 30.6 Å². The quantitative estimate of drug-likeness (QED) is 0.662. The Hall–Kier alpha value is -0.0800. The Bertz CT molecular complexity index is 114. The van der Waals surface area contributed by atoms with Crippen molar-refractivity contribution in [2.45, 2.75) is 32.7 Å². The van der Waals surface area contributed by atoms with Crippen molar-refractivity contribution >= 4 is 0 Å². The number of hydrogen-bond acceptors (Lipinski definition) is 2. The fourth-order valence-corrected chi connectivity index (χ4v) is 1.65. The topological polar surface area (TPSA) is 29.3 Å². The Morgan fingerprint density at radius 3 is 2.82 bits per heavy atom. The average Bonchev–Trinajstić information content (AvgIpc) is 2.35. The van der Waals surface area contributed by atoms with Crippen molar-refractivity contribution in [1.82, 2.24) is 4.90 Å². The molecule has 0 amide bonds. The SMILES string of the molecule is CC[C@H](N)CN1CCC(C)C1. The van der Waals surface area contributed by atoms with Gasteiger partial charge in [0.05, 0.1) is 0 Å². The minimum Gasteiger partial charge on any atom is -0.327 e. The Kier molecular flexibility index (Phi) is 3.34. The molecule has 2 heteroatoms. The third kappa shape index (κ3) is 2.80. The molecule has 0 bridgehead atoms. The predicted molar refractivity (Wildman–Crippen MR) is 48.5 cm³/mol. The van der Waals surface area contributed by atoms with E-state index in [-0.39, 0.29) is 0 Å². The van der Waals surface area contributed by atoms with Crippen LogP contribution in [0.3, 0.4) is 0 Å². The van der Waals surface area contributed by atoms with Crippen LogP contribution in [0.1, 0.15) is 26.7 Å². The molecule has 2 nitrogen and oxygen atoms in total. The van der Waals surface area contributed by atoms with Gasteiger partial charge >= 0.3 is 0 Å². The maximum atomic E-state index is 5.86. The lowest BCUT2D eigenvalue weighted by Gasteiger charge is -2.19. The summed E-state index contributed by atoms with van der Waals surface area (Å²) in [5, 5.41) is 0. The molecule has 0 aromatic rings. The molecule has 0 aromatic heterocycles. The third-order valence-electron chi connectivity index (χ3n) is 2.53. The summed E-state index contributed by atoms with van der Waals surface area (Å²) >= 11 is 0. The van der Waals surface area contributed by atoms with Gasteiger partial charge in [-0.2, -0.15) is 0 Å². The zero-order valence-corrected chi connectivity index (χ0v) is 7.71. The summed E-state index contributed by atoms with van der Waals surface area (Å²) in [4.78, 5) is 2.48. The van der Waals surface area contributed by atoms with E-state index in [1.165, 1.54) is 19.5 Å². The normalized spacial score (nSPS) is 29.2. The molecule has 66 valence electrons. The summed E-state index contributed by atoms with van der Waals surface area (Å²) in [5.74, 6) is 0.888. The van der Waals surface area contributed by atoms with E-state index in [9.17, 15) is 0 Å². The van der Waals surface area contributed by atoms with E-state index in [4.69, 9.17) is 5.73 Å². The molecule has 1 saturated heterocycles. The molecule has 1 aliphatic heterocycles. The van der Waals surface area contributed by atoms with Crippen molar-refractivity contribution < 1.29 is 0 Å². The molecule has 0 spiro atoms. The van der Waals surface area contributed by atoms with Gasteiger partial charge in [-0.25, -0.2) is 0 Å². The van der Waals surface area contributed by atoms with Gasteiger partial charge in [0, 0.05) is 19.1 Å². The van der Waals surface area contributed by atoms with Crippen LogP contribution in [0.15, 0.2) is 0 Å². The van der Waals surface area contributed by atoms with E-state index >= 15 is 0 Å². The van der Waals surface area contributed by atoms with Gasteiger partial charge in [0.15, 0.2) is 0 Å². The molecule has 1 unspecified atom stereocenters. The first-order chi connectivity index (χ1) is 5.22. The molecular formula is C9H20N2. The van der Waals surface area contributed by atoms with Gasteiger partial charge < -0.3 is 10.6 Å². The Labute approximate surface area is 69.8 Å². The number of nitrogens with two attached hydrogens (primary N) is 1. The summed E-state index contributed by atoms with van der Waals surface area (Å²) in [5.41, 5.74) is 5.86. The predicted octanol–water partition coefficient (Wildman–Crippen LogP) is 1.07. The van der Waals surface area contributed by atoms with Crippen LogP contribution in [0.4, 0.5) is 0 Å². The van der Waals surface area contributed by atoms with E-state index in [1.54, 1.807) is 0 Å². The van der Waals surface area contributed by atoms with Crippen LogP contribution in [0.2, 0.25) is 0 Å². The second-order valence-corrected chi connectivity index (χ2v) is 3.82. The summed E-state index contributed by atoms with van der Waals surface area (Å²) in [6.45, 7) is 8.09. The monoisotopic (exact) mass is 156 g/mol. The first-order valence-corrected chi connectivity index (χ1v) is 4.70. The van der Waals surface area contributed by atoms with E-state index in [0.717, 1.165) is 18.9 Å². The standard InChI is InChI=1S/C9H20N2/c1-3-9(10)7-11-5-4-8(2)6-11/h8-9H,3-7,10H2,1-2H3/t8?,9-/m0/s1. The van der Waals surface area contributed by atoms with Crippen LogP contribution in [0.5, 0.6) is 0 Å². The van der Waals surface area contributed by atoms with Crippen molar-refractivity contribution in [2.24, 2.45) is 11.7 Å². The maximum absolute atomic E-state index is 5.86. The molecule has 2 atom stereocenters. The van der Waals surface area contributed by atoms with Gasteiger partial charge in [-0.3, -0.25) is 0 Å². The molecule has 1 rings (SSSR count). The highest BCUT2D eigenvalue weighted by Crippen LogP contribution is 2.14. The second kappa shape index (κ2) is 4.07. The fraction of sp³-hybridized carbons (Fsp3) is 1.00. The zero-order valence-electron chi connectivity index (χ0n) is 7.71. The number of rotatable bonds is 3. The van der Waals surface area contributed by atoms with E-state index in [0.29, 0.717) is 6.04 Å². The smallest absolute Gasteiger partial charge is 0.0165 e. The summed E-state index contributed by atoms with van der Waals surface area (Å²) in [6.07, 6.45) is 2.46. The molecular weight excluding hydrogens is 136 g/mol. The average molecular weight is 156 g/mol. The van der Waals surface area contributed by atoms with Gasteiger partial charge in [-0.1, -0.05) is 13.8 Å².